The minimum Gasteiger partial charge on any atom is -0.394 e. The highest BCUT2D eigenvalue weighted by Crippen LogP contribution is 2.51. The molecule has 2 atom stereocenters. The minimum absolute atomic E-state index is 0.0352. The van der Waals surface area contributed by atoms with Crippen LogP contribution in [0.3, 0.4) is 0 Å². The van der Waals surface area contributed by atoms with Crippen molar-refractivity contribution in [2.24, 2.45) is 5.41 Å². The number of piperidine rings is 1. The van der Waals surface area contributed by atoms with Gasteiger partial charge in [-0.2, -0.15) is 5.26 Å². The third kappa shape index (κ3) is 3.26. The zero-order valence-corrected chi connectivity index (χ0v) is 13.3. The van der Waals surface area contributed by atoms with Crippen LogP contribution in [0.15, 0.2) is 24.3 Å². The topological polar surface area (TPSA) is 76.7 Å². The first-order chi connectivity index (χ1) is 11.2. The van der Waals surface area contributed by atoms with Crippen LogP contribution < -0.4 is 0 Å². The number of aliphatic hydroxyl groups excluding tert-OH is 2. The van der Waals surface area contributed by atoms with E-state index in [2.05, 4.69) is 11.0 Å². The Morgan fingerprint density at radius 1 is 1.26 bits per heavy atom. The van der Waals surface area contributed by atoms with Crippen LogP contribution in [-0.4, -0.2) is 53.6 Å². The first kappa shape index (κ1) is 16.4. The highest BCUT2D eigenvalue weighted by Gasteiger charge is 2.55. The van der Waals surface area contributed by atoms with Gasteiger partial charge < -0.3 is 14.9 Å². The van der Waals surface area contributed by atoms with Gasteiger partial charge in [-0.1, -0.05) is 12.1 Å². The second-order valence-corrected chi connectivity index (χ2v) is 6.65. The summed E-state index contributed by atoms with van der Waals surface area (Å²) in [6, 6.07) is 9.87. The lowest BCUT2D eigenvalue weighted by Gasteiger charge is -2.56. The van der Waals surface area contributed by atoms with Gasteiger partial charge in [0.1, 0.15) is 0 Å². The summed E-state index contributed by atoms with van der Waals surface area (Å²) in [7, 11) is 0. The summed E-state index contributed by atoms with van der Waals surface area (Å²) < 4.78 is 5.71. The Hall–Kier alpha value is -1.45. The van der Waals surface area contributed by atoms with E-state index in [0.717, 1.165) is 32.5 Å². The number of nitriles is 1. The van der Waals surface area contributed by atoms with Crippen molar-refractivity contribution in [2.45, 2.75) is 38.0 Å². The summed E-state index contributed by atoms with van der Waals surface area (Å²) in [6.45, 7) is 3.15. The molecule has 124 valence electrons. The molecule has 0 bridgehead atoms. The highest BCUT2D eigenvalue weighted by atomic mass is 16.5. The lowest BCUT2D eigenvalue weighted by atomic mass is 9.58. The van der Waals surface area contributed by atoms with Gasteiger partial charge in [0.05, 0.1) is 37.1 Å². The number of aliphatic hydroxyl groups is 2. The van der Waals surface area contributed by atoms with Crippen LogP contribution >= 0.6 is 0 Å². The first-order valence-electron chi connectivity index (χ1n) is 8.30. The van der Waals surface area contributed by atoms with Crippen molar-refractivity contribution < 1.29 is 14.9 Å². The fourth-order valence-corrected chi connectivity index (χ4v) is 3.88. The van der Waals surface area contributed by atoms with Crippen LogP contribution in [0.4, 0.5) is 0 Å². The number of ether oxygens (including phenoxy) is 1. The van der Waals surface area contributed by atoms with Gasteiger partial charge in [0.2, 0.25) is 0 Å². The van der Waals surface area contributed by atoms with Gasteiger partial charge in [-0.05, 0) is 43.6 Å². The van der Waals surface area contributed by atoms with E-state index in [0.29, 0.717) is 18.6 Å². The SMILES string of the molecule is N#Cc1ccc(CN2CCC3(CC2)[C@H](O)C[C@@H]3OCCO)cc1. The highest BCUT2D eigenvalue weighted by molar-refractivity contribution is 5.31. The molecule has 0 unspecified atom stereocenters. The molecule has 0 amide bonds. The van der Waals surface area contributed by atoms with E-state index in [-0.39, 0.29) is 24.2 Å². The second kappa shape index (κ2) is 6.98. The molecule has 23 heavy (non-hydrogen) atoms. The Morgan fingerprint density at radius 2 is 1.96 bits per heavy atom. The molecule has 1 aliphatic heterocycles. The molecule has 1 saturated carbocycles. The number of hydrogen-bond donors (Lipinski definition) is 2. The molecule has 2 fully saturated rings. The Labute approximate surface area is 137 Å². The molecule has 1 spiro atoms. The van der Waals surface area contributed by atoms with Gasteiger partial charge in [0.15, 0.2) is 0 Å². The number of rotatable bonds is 5. The zero-order chi connectivity index (χ0) is 16.3. The summed E-state index contributed by atoms with van der Waals surface area (Å²) in [4.78, 5) is 2.39. The molecule has 2 N–H and O–H groups in total. The van der Waals surface area contributed by atoms with E-state index in [1.807, 2.05) is 24.3 Å². The molecule has 1 heterocycles. The lowest BCUT2D eigenvalue weighted by molar-refractivity contribution is -0.213. The first-order valence-corrected chi connectivity index (χ1v) is 8.30. The van der Waals surface area contributed by atoms with Crippen LogP contribution in [-0.2, 0) is 11.3 Å². The van der Waals surface area contributed by atoms with E-state index in [9.17, 15) is 5.11 Å². The number of hydrogen-bond acceptors (Lipinski definition) is 5. The predicted molar refractivity (Wildman–Crippen MR) is 85.6 cm³/mol. The largest absolute Gasteiger partial charge is 0.394 e. The van der Waals surface area contributed by atoms with Gasteiger partial charge >= 0.3 is 0 Å². The third-order valence-corrected chi connectivity index (χ3v) is 5.43. The monoisotopic (exact) mass is 316 g/mol. The Kier molecular flexibility index (Phi) is 4.98. The summed E-state index contributed by atoms with van der Waals surface area (Å²) in [5, 5.41) is 28.0. The maximum atomic E-state index is 10.2. The van der Waals surface area contributed by atoms with Gasteiger partial charge in [-0.25, -0.2) is 0 Å². The number of nitrogens with zero attached hydrogens (tertiary/aromatic N) is 2. The maximum Gasteiger partial charge on any atom is 0.0991 e. The predicted octanol–water partition coefficient (Wildman–Crippen LogP) is 1.28. The van der Waals surface area contributed by atoms with Crippen LogP contribution in [0.25, 0.3) is 0 Å². The van der Waals surface area contributed by atoms with Crippen LogP contribution in [0.1, 0.15) is 30.4 Å². The molecular weight excluding hydrogens is 292 g/mol. The normalized spacial score (nSPS) is 26.7. The fraction of sp³-hybridized carbons (Fsp3) is 0.611. The van der Waals surface area contributed by atoms with E-state index in [1.165, 1.54) is 5.56 Å². The molecule has 0 radical (unpaired) electrons. The van der Waals surface area contributed by atoms with Crippen molar-refractivity contribution >= 4 is 0 Å². The van der Waals surface area contributed by atoms with Gasteiger partial charge in [0.25, 0.3) is 0 Å². The van der Waals surface area contributed by atoms with E-state index in [1.54, 1.807) is 0 Å². The van der Waals surface area contributed by atoms with Crippen LogP contribution in [0.2, 0.25) is 0 Å². The molecule has 0 aromatic heterocycles. The van der Waals surface area contributed by atoms with E-state index >= 15 is 0 Å². The number of likely N-dealkylation sites (tertiary alicyclic amines) is 1. The second-order valence-electron chi connectivity index (χ2n) is 6.65. The molecular formula is C18H24N2O3. The van der Waals surface area contributed by atoms with E-state index < -0.39 is 0 Å². The summed E-state index contributed by atoms with van der Waals surface area (Å²) >= 11 is 0. The molecule has 3 rings (SSSR count). The standard InChI is InChI=1S/C18H24N2O3/c19-12-14-1-3-15(4-2-14)13-20-7-5-18(6-8-20)16(22)11-17(18)23-10-9-21/h1-4,16-17,21-22H,5-11,13H2/t16-,17+/m1/s1. The molecule has 5 heteroatoms. The minimum atomic E-state index is -0.275. The van der Waals surface area contributed by atoms with Gasteiger partial charge in [-0.15, -0.1) is 0 Å². The Morgan fingerprint density at radius 3 is 2.52 bits per heavy atom. The molecule has 1 aliphatic carbocycles. The van der Waals surface area contributed by atoms with Crippen molar-refractivity contribution in [1.29, 1.82) is 5.26 Å². The summed E-state index contributed by atoms with van der Waals surface area (Å²) in [6.07, 6.45) is 2.36. The average molecular weight is 316 g/mol. The number of benzene rings is 1. The lowest BCUT2D eigenvalue weighted by Crippen LogP contribution is -2.62. The van der Waals surface area contributed by atoms with Gasteiger partial charge in [0, 0.05) is 18.4 Å². The van der Waals surface area contributed by atoms with Crippen LogP contribution in [0.5, 0.6) is 0 Å². The third-order valence-electron chi connectivity index (χ3n) is 5.43. The molecule has 1 aromatic rings. The molecule has 1 aromatic carbocycles. The summed E-state index contributed by atoms with van der Waals surface area (Å²) in [5.41, 5.74) is 1.78. The van der Waals surface area contributed by atoms with Crippen molar-refractivity contribution in [3.8, 4) is 6.07 Å². The fourth-order valence-electron chi connectivity index (χ4n) is 3.88. The zero-order valence-electron chi connectivity index (χ0n) is 13.3. The van der Waals surface area contributed by atoms with Crippen LogP contribution in [0, 0.1) is 16.7 Å². The van der Waals surface area contributed by atoms with Crippen molar-refractivity contribution in [3.05, 3.63) is 35.4 Å². The quantitative estimate of drug-likeness (QED) is 0.856. The Bertz CT molecular complexity index is 559. The maximum absolute atomic E-state index is 10.2. The van der Waals surface area contributed by atoms with Crippen molar-refractivity contribution in [3.63, 3.8) is 0 Å². The Balaban J connectivity index is 1.54. The van der Waals surface area contributed by atoms with E-state index in [4.69, 9.17) is 15.1 Å². The molecule has 2 aliphatic rings. The van der Waals surface area contributed by atoms with Crippen molar-refractivity contribution in [2.75, 3.05) is 26.3 Å². The molecule has 1 saturated heterocycles. The molecule has 5 nitrogen and oxygen atoms in total. The summed E-state index contributed by atoms with van der Waals surface area (Å²) in [5.74, 6) is 0. The van der Waals surface area contributed by atoms with Gasteiger partial charge in [-0.3, -0.25) is 4.90 Å². The smallest absolute Gasteiger partial charge is 0.0991 e. The van der Waals surface area contributed by atoms with Crippen molar-refractivity contribution in [1.82, 2.24) is 4.90 Å². The average Bonchev–Trinajstić information content (AvgIpc) is 2.60.